The Hall–Kier alpha value is -2.22. The van der Waals surface area contributed by atoms with Crippen LogP contribution in [0.25, 0.3) is 0 Å². The maximum atomic E-state index is 4.83. The molecule has 0 bridgehead atoms. The molecule has 144 valence electrons. The van der Waals surface area contributed by atoms with Gasteiger partial charge in [-0.05, 0) is 50.0 Å². The van der Waals surface area contributed by atoms with Gasteiger partial charge in [0.15, 0.2) is 0 Å². The van der Waals surface area contributed by atoms with E-state index in [4.69, 9.17) is 15.0 Å². The van der Waals surface area contributed by atoms with Gasteiger partial charge in [-0.3, -0.25) is 0 Å². The Morgan fingerprint density at radius 1 is 0.926 bits per heavy atom. The van der Waals surface area contributed by atoms with Gasteiger partial charge in [-0.2, -0.15) is 20.1 Å². The van der Waals surface area contributed by atoms with Gasteiger partial charge >= 0.3 is 0 Å². The van der Waals surface area contributed by atoms with Gasteiger partial charge in [-0.25, -0.2) is 5.01 Å². The van der Waals surface area contributed by atoms with Crippen LogP contribution in [0.1, 0.15) is 43.4 Å². The van der Waals surface area contributed by atoms with Crippen molar-refractivity contribution in [1.29, 1.82) is 0 Å². The third-order valence-electron chi connectivity index (χ3n) is 5.07. The minimum absolute atomic E-state index is 0.610. The van der Waals surface area contributed by atoms with Gasteiger partial charge in [0.2, 0.25) is 11.9 Å². The van der Waals surface area contributed by atoms with Crippen molar-refractivity contribution in [2.75, 3.05) is 48.0 Å². The van der Waals surface area contributed by atoms with Gasteiger partial charge in [-0.15, -0.1) is 11.3 Å². The van der Waals surface area contributed by atoms with E-state index in [0.29, 0.717) is 5.95 Å². The highest BCUT2D eigenvalue weighted by Gasteiger charge is 2.21. The summed E-state index contributed by atoms with van der Waals surface area (Å²) in [4.78, 5) is 20.0. The zero-order chi connectivity index (χ0) is 18.5. The Morgan fingerprint density at radius 3 is 2.04 bits per heavy atom. The molecule has 0 radical (unpaired) electrons. The summed E-state index contributed by atoms with van der Waals surface area (Å²) < 4.78 is 0. The Labute approximate surface area is 164 Å². The second-order valence-corrected chi connectivity index (χ2v) is 8.09. The second kappa shape index (κ2) is 8.65. The number of aromatic nitrogens is 3. The number of piperidine rings is 2. The molecule has 2 aliphatic rings. The van der Waals surface area contributed by atoms with Crippen molar-refractivity contribution in [2.45, 2.75) is 38.5 Å². The van der Waals surface area contributed by atoms with Crippen LogP contribution >= 0.6 is 11.3 Å². The predicted octanol–water partition coefficient (Wildman–Crippen LogP) is 3.38. The largest absolute Gasteiger partial charge is 0.341 e. The molecule has 27 heavy (non-hydrogen) atoms. The molecule has 0 saturated carbocycles. The second-order valence-electron chi connectivity index (χ2n) is 7.11. The van der Waals surface area contributed by atoms with E-state index in [2.05, 4.69) is 14.9 Å². The predicted molar refractivity (Wildman–Crippen MR) is 112 cm³/mol. The molecule has 4 heterocycles. The van der Waals surface area contributed by atoms with E-state index < -0.39 is 0 Å². The van der Waals surface area contributed by atoms with E-state index in [9.17, 15) is 0 Å². The Bertz CT molecular complexity index is 713. The van der Waals surface area contributed by atoms with E-state index in [1.807, 2.05) is 30.8 Å². The standard InChI is InChI=1S/C19H27N7S/c1-24(20-15-16-9-8-14-27-16)17-21-18(25-10-4-2-5-11-25)23-19(22-17)26-12-6-3-7-13-26/h8-9,14-15H,2-7,10-13H2,1H3. The molecular weight excluding hydrogens is 358 g/mol. The molecule has 7 nitrogen and oxygen atoms in total. The van der Waals surface area contributed by atoms with Gasteiger partial charge in [0.25, 0.3) is 5.95 Å². The fourth-order valence-electron chi connectivity index (χ4n) is 3.52. The molecular formula is C19H27N7S. The summed E-state index contributed by atoms with van der Waals surface area (Å²) in [6.45, 7) is 4.08. The minimum atomic E-state index is 0.610. The lowest BCUT2D eigenvalue weighted by Gasteiger charge is -2.30. The molecule has 2 saturated heterocycles. The molecule has 8 heteroatoms. The molecule has 2 aromatic rings. The first kappa shape index (κ1) is 18.2. The van der Waals surface area contributed by atoms with E-state index in [0.717, 1.165) is 43.0 Å². The summed E-state index contributed by atoms with van der Waals surface area (Å²) in [5, 5.41) is 8.34. The summed E-state index contributed by atoms with van der Waals surface area (Å²) in [5.41, 5.74) is 0. The highest BCUT2D eigenvalue weighted by molar-refractivity contribution is 7.11. The molecule has 0 atom stereocenters. The van der Waals surface area contributed by atoms with Crippen LogP contribution in [-0.2, 0) is 0 Å². The number of anilines is 3. The van der Waals surface area contributed by atoms with Crippen LogP contribution in [0.5, 0.6) is 0 Å². The Balaban J connectivity index is 1.61. The first-order valence-corrected chi connectivity index (χ1v) is 10.7. The number of thiophene rings is 1. The molecule has 2 aliphatic heterocycles. The maximum absolute atomic E-state index is 4.83. The van der Waals surface area contributed by atoms with E-state index in [1.165, 1.54) is 38.5 Å². The summed E-state index contributed by atoms with van der Waals surface area (Å²) >= 11 is 1.67. The third-order valence-corrected chi connectivity index (χ3v) is 5.88. The highest BCUT2D eigenvalue weighted by Crippen LogP contribution is 2.23. The molecule has 0 aliphatic carbocycles. The molecule has 0 N–H and O–H groups in total. The summed E-state index contributed by atoms with van der Waals surface area (Å²) in [5.74, 6) is 2.19. The monoisotopic (exact) mass is 385 g/mol. The van der Waals surface area contributed by atoms with Gasteiger partial charge in [0, 0.05) is 38.1 Å². The van der Waals surface area contributed by atoms with Crippen molar-refractivity contribution < 1.29 is 0 Å². The SMILES string of the molecule is CN(N=Cc1cccs1)c1nc(N2CCCCC2)nc(N2CCCCC2)n1. The lowest BCUT2D eigenvalue weighted by atomic mass is 10.1. The maximum Gasteiger partial charge on any atom is 0.252 e. The lowest BCUT2D eigenvalue weighted by Crippen LogP contribution is -2.35. The average molecular weight is 386 g/mol. The quantitative estimate of drug-likeness (QED) is 0.581. The summed E-state index contributed by atoms with van der Waals surface area (Å²) in [6.07, 6.45) is 9.24. The smallest absolute Gasteiger partial charge is 0.252 e. The van der Waals surface area contributed by atoms with Crippen LogP contribution in [0.15, 0.2) is 22.6 Å². The molecule has 2 aromatic heterocycles. The third kappa shape index (κ3) is 4.55. The van der Waals surface area contributed by atoms with Gasteiger partial charge in [0.1, 0.15) is 0 Å². The number of nitrogens with zero attached hydrogens (tertiary/aromatic N) is 7. The van der Waals surface area contributed by atoms with Crippen molar-refractivity contribution in [3.8, 4) is 0 Å². The van der Waals surface area contributed by atoms with E-state index in [1.54, 1.807) is 16.3 Å². The number of rotatable bonds is 5. The highest BCUT2D eigenvalue weighted by atomic mass is 32.1. The van der Waals surface area contributed by atoms with Crippen LogP contribution in [0.3, 0.4) is 0 Å². The Morgan fingerprint density at radius 2 is 1.52 bits per heavy atom. The summed E-state index contributed by atoms with van der Waals surface area (Å²) in [7, 11) is 1.90. The molecule has 0 unspecified atom stereocenters. The fraction of sp³-hybridized carbons (Fsp3) is 0.579. The summed E-state index contributed by atoms with van der Waals surface area (Å²) in [6, 6.07) is 4.08. The van der Waals surface area contributed by atoms with E-state index in [-0.39, 0.29) is 0 Å². The number of hydrogen-bond donors (Lipinski definition) is 0. The molecule has 0 aromatic carbocycles. The van der Waals surface area contributed by atoms with Gasteiger partial charge in [0.05, 0.1) is 6.21 Å². The average Bonchev–Trinajstić information content (AvgIpc) is 3.27. The van der Waals surface area contributed by atoms with Crippen LogP contribution < -0.4 is 14.8 Å². The van der Waals surface area contributed by atoms with Crippen LogP contribution in [-0.4, -0.2) is 54.4 Å². The van der Waals surface area contributed by atoms with Crippen molar-refractivity contribution in [1.82, 2.24) is 15.0 Å². The number of hydrogen-bond acceptors (Lipinski definition) is 8. The van der Waals surface area contributed by atoms with Gasteiger partial charge in [-0.1, -0.05) is 6.07 Å². The zero-order valence-electron chi connectivity index (χ0n) is 15.9. The van der Waals surface area contributed by atoms with Crippen LogP contribution in [0.2, 0.25) is 0 Å². The van der Waals surface area contributed by atoms with Gasteiger partial charge < -0.3 is 9.80 Å². The first-order chi connectivity index (χ1) is 13.3. The minimum Gasteiger partial charge on any atom is -0.341 e. The van der Waals surface area contributed by atoms with Crippen LogP contribution in [0, 0.1) is 0 Å². The topological polar surface area (TPSA) is 60.8 Å². The first-order valence-electron chi connectivity index (χ1n) is 9.87. The van der Waals surface area contributed by atoms with Crippen molar-refractivity contribution in [3.63, 3.8) is 0 Å². The number of hydrazone groups is 1. The van der Waals surface area contributed by atoms with Crippen molar-refractivity contribution in [2.24, 2.45) is 5.10 Å². The normalized spacial score (nSPS) is 18.3. The molecule has 4 rings (SSSR count). The van der Waals surface area contributed by atoms with Crippen molar-refractivity contribution in [3.05, 3.63) is 22.4 Å². The Kier molecular flexibility index (Phi) is 5.81. The zero-order valence-corrected chi connectivity index (χ0v) is 16.7. The van der Waals surface area contributed by atoms with Crippen LogP contribution in [0.4, 0.5) is 17.8 Å². The fourth-order valence-corrected chi connectivity index (χ4v) is 4.10. The molecule has 2 fully saturated rings. The van der Waals surface area contributed by atoms with Crippen molar-refractivity contribution >= 4 is 35.4 Å². The molecule has 0 spiro atoms. The lowest BCUT2D eigenvalue weighted by molar-refractivity contribution is 0.555. The molecule has 0 amide bonds. The van der Waals surface area contributed by atoms with E-state index >= 15 is 0 Å².